The summed E-state index contributed by atoms with van der Waals surface area (Å²) in [5, 5.41) is 10.1. The Labute approximate surface area is 194 Å². The van der Waals surface area contributed by atoms with Crippen LogP contribution in [0.3, 0.4) is 0 Å². The highest BCUT2D eigenvalue weighted by Gasteiger charge is 2.26. The van der Waals surface area contributed by atoms with Crippen molar-refractivity contribution >= 4 is 5.91 Å². The van der Waals surface area contributed by atoms with E-state index < -0.39 is 6.04 Å². The monoisotopic (exact) mass is 432 g/mol. The first-order valence-electron chi connectivity index (χ1n) is 10.8. The van der Waals surface area contributed by atoms with E-state index in [1.165, 1.54) is 0 Å². The Morgan fingerprint density at radius 2 is 1.30 bits per heavy atom. The fourth-order valence-corrected chi connectivity index (χ4v) is 3.62. The molecule has 4 aromatic carbocycles. The van der Waals surface area contributed by atoms with E-state index in [1.807, 2.05) is 103 Å². The molecule has 4 heteroatoms. The van der Waals surface area contributed by atoms with Crippen LogP contribution in [-0.2, 0) is 13.2 Å². The number of nitriles is 1. The molecule has 0 fully saturated rings. The lowest BCUT2D eigenvalue weighted by Crippen LogP contribution is -2.34. The number of nitrogens with zero attached hydrogens (tertiary/aromatic N) is 2. The van der Waals surface area contributed by atoms with Crippen LogP contribution in [0.2, 0.25) is 0 Å². The lowest BCUT2D eigenvalue weighted by Gasteiger charge is -2.28. The van der Waals surface area contributed by atoms with Crippen molar-refractivity contribution in [2.24, 2.45) is 0 Å². The van der Waals surface area contributed by atoms with Gasteiger partial charge < -0.3 is 9.64 Å². The van der Waals surface area contributed by atoms with Crippen LogP contribution in [0.4, 0.5) is 0 Å². The van der Waals surface area contributed by atoms with Gasteiger partial charge in [-0.3, -0.25) is 4.79 Å². The topological polar surface area (TPSA) is 53.3 Å². The lowest BCUT2D eigenvalue weighted by atomic mass is 10.0. The van der Waals surface area contributed by atoms with Gasteiger partial charge in [0.25, 0.3) is 5.91 Å². The molecule has 0 aliphatic rings. The average Bonchev–Trinajstić information content (AvgIpc) is 2.89. The predicted octanol–water partition coefficient (Wildman–Crippen LogP) is 6.17. The van der Waals surface area contributed by atoms with Crippen LogP contribution in [0, 0.1) is 11.3 Å². The van der Waals surface area contributed by atoms with Crippen molar-refractivity contribution in [2.75, 3.05) is 0 Å². The van der Waals surface area contributed by atoms with Crippen molar-refractivity contribution in [2.45, 2.75) is 19.2 Å². The van der Waals surface area contributed by atoms with Gasteiger partial charge in [-0.2, -0.15) is 5.26 Å². The summed E-state index contributed by atoms with van der Waals surface area (Å²) in [4.78, 5) is 15.0. The van der Waals surface area contributed by atoms with Gasteiger partial charge in [-0.15, -0.1) is 0 Å². The third-order valence-electron chi connectivity index (χ3n) is 5.36. The quantitative estimate of drug-likeness (QED) is 0.334. The van der Waals surface area contributed by atoms with Crippen molar-refractivity contribution in [1.29, 1.82) is 5.26 Å². The Morgan fingerprint density at radius 3 is 1.88 bits per heavy atom. The molecule has 0 aliphatic heterocycles. The average molecular weight is 433 g/mol. The van der Waals surface area contributed by atoms with E-state index in [0.717, 1.165) is 16.7 Å². The first-order chi connectivity index (χ1) is 16.2. The summed E-state index contributed by atoms with van der Waals surface area (Å²) in [6.07, 6.45) is 0. The summed E-state index contributed by atoms with van der Waals surface area (Å²) >= 11 is 0. The first-order valence-corrected chi connectivity index (χ1v) is 10.8. The standard InChI is InChI=1S/C29H24N2O2/c30-20-28(25-16-18-27(19-17-25)33-22-24-12-6-2-7-13-24)31(21-23-10-4-1-5-11-23)29(32)26-14-8-3-9-15-26/h1-19,28H,21-22H2. The minimum Gasteiger partial charge on any atom is -0.489 e. The third-order valence-corrected chi connectivity index (χ3v) is 5.36. The van der Waals surface area contributed by atoms with Gasteiger partial charge in [0.05, 0.1) is 6.07 Å². The molecule has 0 heterocycles. The van der Waals surface area contributed by atoms with E-state index in [1.54, 1.807) is 17.0 Å². The molecule has 1 unspecified atom stereocenters. The Kier molecular flexibility index (Phi) is 7.15. The highest BCUT2D eigenvalue weighted by molar-refractivity contribution is 5.94. The molecular formula is C29H24N2O2. The highest BCUT2D eigenvalue weighted by atomic mass is 16.5. The van der Waals surface area contributed by atoms with Crippen LogP contribution in [0.5, 0.6) is 5.75 Å². The molecule has 33 heavy (non-hydrogen) atoms. The fourth-order valence-electron chi connectivity index (χ4n) is 3.62. The molecule has 0 radical (unpaired) electrons. The molecule has 4 rings (SSSR count). The van der Waals surface area contributed by atoms with E-state index in [4.69, 9.17) is 4.74 Å². The maximum atomic E-state index is 13.4. The Bertz CT molecular complexity index is 1200. The zero-order valence-corrected chi connectivity index (χ0v) is 18.2. The molecule has 162 valence electrons. The summed E-state index contributed by atoms with van der Waals surface area (Å²) < 4.78 is 5.87. The number of rotatable bonds is 8. The zero-order valence-electron chi connectivity index (χ0n) is 18.2. The second-order valence-electron chi connectivity index (χ2n) is 7.66. The number of hydrogen-bond donors (Lipinski definition) is 0. The maximum absolute atomic E-state index is 13.4. The van der Waals surface area contributed by atoms with Gasteiger partial charge in [-0.25, -0.2) is 0 Å². The number of carbonyl (C=O) groups excluding carboxylic acids is 1. The number of amides is 1. The van der Waals surface area contributed by atoms with Crippen molar-refractivity contribution in [1.82, 2.24) is 4.90 Å². The minimum absolute atomic E-state index is 0.185. The molecule has 4 nitrogen and oxygen atoms in total. The van der Waals surface area contributed by atoms with Crippen LogP contribution in [0.15, 0.2) is 115 Å². The molecule has 1 atom stereocenters. The van der Waals surface area contributed by atoms with Crippen molar-refractivity contribution in [3.8, 4) is 11.8 Å². The molecule has 0 N–H and O–H groups in total. The van der Waals surface area contributed by atoms with Crippen molar-refractivity contribution in [3.05, 3.63) is 138 Å². The predicted molar refractivity (Wildman–Crippen MR) is 128 cm³/mol. The maximum Gasteiger partial charge on any atom is 0.255 e. The molecular weight excluding hydrogens is 408 g/mol. The molecule has 0 bridgehead atoms. The fraction of sp³-hybridized carbons (Fsp3) is 0.103. The summed E-state index contributed by atoms with van der Waals surface area (Å²) in [6.45, 7) is 0.799. The number of benzene rings is 4. The number of carbonyl (C=O) groups is 1. The SMILES string of the molecule is N#CC(c1ccc(OCc2ccccc2)cc1)N(Cc1ccccc1)C(=O)c1ccccc1. The Hall–Kier alpha value is -4.36. The summed E-state index contributed by atoms with van der Waals surface area (Å²) in [5.74, 6) is 0.527. The molecule has 0 aromatic heterocycles. The van der Waals surface area contributed by atoms with Gasteiger partial charge in [0.15, 0.2) is 0 Å². The normalized spacial score (nSPS) is 11.2. The molecule has 4 aromatic rings. The summed E-state index contributed by atoms with van der Waals surface area (Å²) in [7, 11) is 0. The number of hydrogen-bond acceptors (Lipinski definition) is 3. The van der Waals surface area contributed by atoms with E-state index in [9.17, 15) is 10.1 Å². The summed E-state index contributed by atoms with van der Waals surface area (Å²) in [6, 6.07) is 37.7. The smallest absolute Gasteiger partial charge is 0.255 e. The van der Waals surface area contributed by atoms with Crippen LogP contribution in [0.25, 0.3) is 0 Å². The molecule has 0 aliphatic carbocycles. The molecule has 1 amide bonds. The first kappa shape index (κ1) is 21.9. The van der Waals surface area contributed by atoms with Gasteiger partial charge in [0, 0.05) is 12.1 Å². The summed E-state index contributed by atoms with van der Waals surface area (Å²) in [5.41, 5.74) is 3.34. The van der Waals surface area contributed by atoms with Gasteiger partial charge in [-0.05, 0) is 41.0 Å². The van der Waals surface area contributed by atoms with Gasteiger partial charge >= 0.3 is 0 Å². The van der Waals surface area contributed by atoms with Crippen LogP contribution < -0.4 is 4.74 Å². The van der Waals surface area contributed by atoms with Crippen LogP contribution in [-0.4, -0.2) is 10.8 Å². The van der Waals surface area contributed by atoms with E-state index in [-0.39, 0.29) is 5.91 Å². The highest BCUT2D eigenvalue weighted by Crippen LogP contribution is 2.27. The van der Waals surface area contributed by atoms with Gasteiger partial charge in [0.2, 0.25) is 0 Å². The van der Waals surface area contributed by atoms with Crippen LogP contribution >= 0.6 is 0 Å². The molecule has 0 saturated carbocycles. The second kappa shape index (κ2) is 10.8. The van der Waals surface area contributed by atoms with Crippen molar-refractivity contribution in [3.63, 3.8) is 0 Å². The van der Waals surface area contributed by atoms with Crippen LogP contribution in [0.1, 0.15) is 33.1 Å². The van der Waals surface area contributed by atoms with E-state index in [2.05, 4.69) is 6.07 Å². The largest absolute Gasteiger partial charge is 0.489 e. The van der Waals surface area contributed by atoms with Gasteiger partial charge in [0.1, 0.15) is 18.4 Å². The van der Waals surface area contributed by atoms with Crippen molar-refractivity contribution < 1.29 is 9.53 Å². The van der Waals surface area contributed by atoms with E-state index in [0.29, 0.717) is 24.5 Å². The van der Waals surface area contributed by atoms with E-state index >= 15 is 0 Å². The lowest BCUT2D eigenvalue weighted by molar-refractivity contribution is 0.0701. The Balaban J connectivity index is 1.56. The second-order valence-corrected chi connectivity index (χ2v) is 7.66. The molecule has 0 saturated heterocycles. The molecule has 0 spiro atoms. The minimum atomic E-state index is -0.735. The third kappa shape index (κ3) is 5.66. The zero-order chi connectivity index (χ0) is 22.9. The van der Waals surface area contributed by atoms with Gasteiger partial charge in [-0.1, -0.05) is 91.0 Å². The number of ether oxygens (including phenoxy) is 1. The Morgan fingerprint density at radius 1 is 0.758 bits per heavy atom.